The van der Waals surface area contributed by atoms with Crippen molar-refractivity contribution in [1.82, 2.24) is 24.7 Å². The summed E-state index contributed by atoms with van der Waals surface area (Å²) in [4.78, 5) is 34.2. The standard InChI is InChI=1S/C33H32N8O3.C2H4O2/c1-43-28-17-21(30-29-31(34)36-19-37-32(29)41(40-30)23-11-13-35-14-12-23)7-9-26(28)39-33(42)27-16-22-15-24(8-10-25(22)38-27)44-18-20-5-3-2-4-6-20;1-2(3)4/h2-10,15-17,19,23,35,38H,11-14,18H2,1H3,(H,39,42)(H2,34,36,37);1H3,(H,3,4). The summed E-state index contributed by atoms with van der Waals surface area (Å²) in [6.07, 6.45) is 3.49. The smallest absolute Gasteiger partial charge is 0.272 e. The molecule has 6 aromatic rings. The number of quaternary nitrogens is 1. The first-order chi connectivity index (χ1) is 23.3. The highest BCUT2D eigenvalue weighted by molar-refractivity contribution is 6.07. The largest absolute Gasteiger partial charge is 0.550 e. The molecule has 0 saturated carbocycles. The molecule has 13 heteroatoms. The molecule has 0 atom stereocenters. The van der Waals surface area contributed by atoms with Crippen LogP contribution in [0.15, 0.2) is 79.1 Å². The first kappa shape index (κ1) is 32.0. The van der Waals surface area contributed by atoms with Crippen molar-refractivity contribution < 1.29 is 29.5 Å². The number of anilines is 2. The van der Waals surface area contributed by atoms with E-state index in [4.69, 9.17) is 30.2 Å². The van der Waals surface area contributed by atoms with Crippen LogP contribution in [0.3, 0.4) is 0 Å². The zero-order valence-corrected chi connectivity index (χ0v) is 26.6. The molecule has 48 heavy (non-hydrogen) atoms. The van der Waals surface area contributed by atoms with Crippen LogP contribution in [0.1, 0.15) is 41.9 Å². The van der Waals surface area contributed by atoms with Crippen molar-refractivity contribution in [2.75, 3.05) is 31.2 Å². The number of carboxylic acid groups (broad SMARTS) is 1. The number of methoxy groups -OCH3 is 1. The first-order valence-corrected chi connectivity index (χ1v) is 15.6. The second kappa shape index (κ2) is 14.2. The molecule has 1 aliphatic rings. The van der Waals surface area contributed by atoms with E-state index in [1.54, 1.807) is 7.11 Å². The molecule has 0 unspecified atom stereocenters. The van der Waals surface area contributed by atoms with Gasteiger partial charge in [-0.05, 0) is 48.9 Å². The molecule has 7 rings (SSSR count). The Labute approximate surface area is 276 Å². The molecule has 1 fully saturated rings. The minimum absolute atomic E-state index is 0.244. The fourth-order valence-corrected chi connectivity index (χ4v) is 5.80. The minimum Gasteiger partial charge on any atom is -0.550 e. The monoisotopic (exact) mass is 648 g/mol. The van der Waals surface area contributed by atoms with E-state index in [0.717, 1.165) is 66.3 Å². The average Bonchev–Trinajstić information content (AvgIpc) is 3.71. The summed E-state index contributed by atoms with van der Waals surface area (Å²) < 4.78 is 13.7. The van der Waals surface area contributed by atoms with Crippen LogP contribution in [0.5, 0.6) is 11.5 Å². The highest BCUT2D eigenvalue weighted by atomic mass is 16.5. The summed E-state index contributed by atoms with van der Waals surface area (Å²) in [7, 11) is 1.57. The van der Waals surface area contributed by atoms with Crippen molar-refractivity contribution in [2.45, 2.75) is 32.4 Å². The number of H-pyrrole nitrogens is 1. The Morgan fingerprint density at radius 3 is 2.58 bits per heavy atom. The number of nitrogens with zero attached hydrogens (tertiary/aromatic N) is 4. The number of aromatic nitrogens is 5. The molecule has 4 heterocycles. The number of carbonyl (C=O) groups is 2. The summed E-state index contributed by atoms with van der Waals surface area (Å²) >= 11 is 0. The second-order valence-corrected chi connectivity index (χ2v) is 11.4. The molecule has 1 saturated heterocycles. The Morgan fingerprint density at radius 2 is 1.83 bits per heavy atom. The van der Waals surface area contributed by atoms with Crippen molar-refractivity contribution in [1.29, 1.82) is 0 Å². The van der Waals surface area contributed by atoms with Gasteiger partial charge in [-0.3, -0.25) is 4.79 Å². The normalized spacial score (nSPS) is 13.1. The Hall–Kier alpha value is -5.95. The molecule has 1 amide bonds. The number of ether oxygens (including phenoxy) is 2. The van der Waals surface area contributed by atoms with Gasteiger partial charge in [-0.15, -0.1) is 0 Å². The fraction of sp³-hybridized carbons (Fsp3) is 0.229. The molecule has 3 aromatic heterocycles. The van der Waals surface area contributed by atoms with Gasteiger partial charge in [0.1, 0.15) is 41.6 Å². The Balaban J connectivity index is 0.000000952. The van der Waals surface area contributed by atoms with Gasteiger partial charge in [0, 0.05) is 35.3 Å². The summed E-state index contributed by atoms with van der Waals surface area (Å²) in [5, 5.41) is 20.8. The number of nitrogens with one attached hydrogen (secondary N) is 2. The molecule has 3 aromatic carbocycles. The van der Waals surface area contributed by atoms with Crippen LogP contribution in [0.4, 0.5) is 11.5 Å². The van der Waals surface area contributed by atoms with Crippen LogP contribution in [0.25, 0.3) is 33.2 Å². The number of nitrogen functional groups attached to an aromatic ring is 1. The summed E-state index contributed by atoms with van der Waals surface area (Å²) in [6.45, 7) is 3.53. The van der Waals surface area contributed by atoms with Gasteiger partial charge in [0.25, 0.3) is 5.91 Å². The van der Waals surface area contributed by atoms with Gasteiger partial charge in [-0.2, -0.15) is 5.10 Å². The molecule has 0 spiro atoms. The number of rotatable bonds is 8. The van der Waals surface area contributed by atoms with Crippen molar-refractivity contribution in [2.24, 2.45) is 0 Å². The van der Waals surface area contributed by atoms with Crippen LogP contribution < -0.4 is 30.9 Å². The van der Waals surface area contributed by atoms with E-state index >= 15 is 0 Å². The number of hydrogen-bond donors (Lipinski definition) is 4. The van der Waals surface area contributed by atoms with E-state index in [2.05, 4.69) is 25.6 Å². The highest BCUT2D eigenvalue weighted by Crippen LogP contribution is 2.37. The topological polar surface area (TPSA) is 190 Å². The van der Waals surface area contributed by atoms with Crippen LogP contribution in [-0.4, -0.2) is 56.8 Å². The molecule has 6 N–H and O–H groups in total. The maximum atomic E-state index is 13.3. The lowest BCUT2D eigenvalue weighted by molar-refractivity contribution is -0.664. The number of benzene rings is 3. The number of amides is 1. The maximum absolute atomic E-state index is 13.3. The number of fused-ring (bicyclic) bond motifs is 2. The fourth-order valence-electron chi connectivity index (χ4n) is 5.80. The highest BCUT2D eigenvalue weighted by Gasteiger charge is 2.25. The van der Waals surface area contributed by atoms with Gasteiger partial charge < -0.3 is 40.7 Å². The van der Waals surface area contributed by atoms with Crippen LogP contribution in [0, 0.1) is 0 Å². The van der Waals surface area contributed by atoms with E-state index < -0.39 is 5.97 Å². The zero-order chi connectivity index (χ0) is 33.6. The summed E-state index contributed by atoms with van der Waals surface area (Å²) in [5.74, 6) is 0.226. The Kier molecular flexibility index (Phi) is 9.48. The number of aliphatic carboxylic acids is 1. The first-order valence-electron chi connectivity index (χ1n) is 15.6. The molecule has 13 nitrogen and oxygen atoms in total. The number of piperidine rings is 1. The van der Waals surface area contributed by atoms with Gasteiger partial charge in [-0.1, -0.05) is 36.4 Å². The SMILES string of the molecule is CC(=O)[O-].COc1cc(-c2nn(C3CC[NH2+]CC3)c3ncnc(N)c23)ccc1NC(=O)c1cc2cc(OCc3ccccc3)ccc2[nH]1. The maximum Gasteiger partial charge on any atom is 0.272 e. The third kappa shape index (κ3) is 7.05. The van der Waals surface area contributed by atoms with Crippen molar-refractivity contribution in [3.63, 3.8) is 0 Å². The molecule has 1 aliphatic heterocycles. The molecule has 0 bridgehead atoms. The summed E-state index contributed by atoms with van der Waals surface area (Å²) in [5.41, 5.74) is 11.4. The quantitative estimate of drug-likeness (QED) is 0.192. The number of carbonyl (C=O) groups excluding carboxylic acids is 2. The Morgan fingerprint density at radius 1 is 1.06 bits per heavy atom. The summed E-state index contributed by atoms with van der Waals surface area (Å²) in [6, 6.07) is 23.3. The molecule has 246 valence electrons. The van der Waals surface area contributed by atoms with E-state index in [1.807, 2.05) is 77.5 Å². The number of hydrogen-bond acceptors (Lipinski definition) is 9. The zero-order valence-electron chi connectivity index (χ0n) is 26.6. The predicted octanol–water partition coefficient (Wildman–Crippen LogP) is 3.05. The minimum atomic E-state index is -1.08. The number of nitrogens with two attached hydrogens (primary N) is 2. The van der Waals surface area contributed by atoms with Crippen molar-refractivity contribution >= 4 is 45.3 Å². The van der Waals surface area contributed by atoms with Gasteiger partial charge in [0.15, 0.2) is 5.65 Å². The second-order valence-electron chi connectivity index (χ2n) is 11.4. The van der Waals surface area contributed by atoms with Gasteiger partial charge in [0.2, 0.25) is 0 Å². The van der Waals surface area contributed by atoms with Crippen molar-refractivity contribution in [3.05, 3.63) is 90.4 Å². The van der Waals surface area contributed by atoms with Gasteiger partial charge >= 0.3 is 0 Å². The molecular formula is C35H36N8O5. The van der Waals surface area contributed by atoms with Crippen LogP contribution >= 0.6 is 0 Å². The lowest BCUT2D eigenvalue weighted by Crippen LogP contribution is -2.86. The third-order valence-electron chi connectivity index (χ3n) is 8.08. The van der Waals surface area contributed by atoms with Crippen LogP contribution in [-0.2, 0) is 11.4 Å². The van der Waals surface area contributed by atoms with Gasteiger partial charge in [-0.25, -0.2) is 14.6 Å². The molecule has 0 radical (unpaired) electrons. The third-order valence-corrected chi connectivity index (χ3v) is 8.08. The number of aromatic amines is 1. The molecular weight excluding hydrogens is 612 g/mol. The Bertz CT molecular complexity index is 2060. The van der Waals surface area contributed by atoms with E-state index in [0.29, 0.717) is 40.6 Å². The predicted molar refractivity (Wildman–Crippen MR) is 179 cm³/mol. The molecule has 0 aliphatic carbocycles. The van der Waals surface area contributed by atoms with Crippen molar-refractivity contribution in [3.8, 4) is 22.8 Å². The average molecular weight is 649 g/mol. The van der Waals surface area contributed by atoms with E-state index in [1.165, 1.54) is 6.33 Å². The van der Waals surface area contributed by atoms with E-state index in [9.17, 15) is 4.79 Å². The lowest BCUT2D eigenvalue weighted by Gasteiger charge is -2.21. The van der Waals surface area contributed by atoms with Gasteiger partial charge in [0.05, 0.1) is 37.3 Å². The van der Waals surface area contributed by atoms with E-state index in [-0.39, 0.29) is 11.9 Å². The lowest BCUT2D eigenvalue weighted by atomic mass is 10.1. The number of carboxylic acids is 1. The van der Waals surface area contributed by atoms with Crippen LogP contribution in [0.2, 0.25) is 0 Å².